The monoisotopic (exact) mass is 1010 g/mol. The van der Waals surface area contributed by atoms with Gasteiger partial charge in [-0.2, -0.15) is 0 Å². The van der Waals surface area contributed by atoms with E-state index in [1.165, 1.54) is 25.7 Å². The quantitative estimate of drug-likeness (QED) is 0.0501. The van der Waals surface area contributed by atoms with Gasteiger partial charge in [-0.3, -0.25) is 0 Å². The number of rotatable bonds is 22. The Bertz CT molecular complexity index is 1710. The molecule has 4 aliphatic carbocycles. The van der Waals surface area contributed by atoms with E-state index in [1.807, 2.05) is 27.7 Å². The molecule has 19 heteroatoms. The van der Waals surface area contributed by atoms with Gasteiger partial charge in [-0.15, -0.1) is 0 Å². The fraction of sp³-hybridized carbons (Fsp3) is 0.810. The van der Waals surface area contributed by atoms with Crippen molar-refractivity contribution < 1.29 is 33.2 Å². The minimum atomic E-state index is -0.750. The number of thioether (sulfide) groups is 2. The second-order valence-corrected chi connectivity index (χ2v) is 22.0. The molecule has 2 aliphatic heterocycles. The number of nitrogens with one attached hydrogen (secondary N) is 2. The SMILES string of the molecule is CCCSc1nc(Br)c(N)c(N[C@@H]2C[C@H](OCC(CC3CC3)OC(CO[C@H]3C[C@@H](Nc4nc(SCCC)nc(Br)c4N)[C@@H]4OC(C)(C)O[C@@H]43)CC3CC3)[C@H]3OC(C)(C)O[C@H]32)n1. The van der Waals surface area contributed by atoms with Crippen LogP contribution in [0.5, 0.6) is 0 Å². The molecule has 10 atom stereocenters. The summed E-state index contributed by atoms with van der Waals surface area (Å²) in [5, 5.41) is 8.55. The largest absolute Gasteiger partial charge is 0.394 e. The number of hydrogen-bond donors (Lipinski definition) is 4. The molecular formula is C42H64Br2N8O7S2. The molecule has 6 N–H and O–H groups in total. The maximum absolute atomic E-state index is 7.06. The first-order valence-corrected chi connectivity index (χ1v) is 25.8. The predicted octanol–water partition coefficient (Wildman–Crippen LogP) is 8.19. The van der Waals surface area contributed by atoms with Crippen molar-refractivity contribution in [2.45, 2.75) is 189 Å². The third-order valence-electron chi connectivity index (χ3n) is 12.1. The van der Waals surface area contributed by atoms with Gasteiger partial charge in [0, 0.05) is 11.5 Å². The summed E-state index contributed by atoms with van der Waals surface area (Å²) in [5.41, 5.74) is 13.9. The van der Waals surface area contributed by atoms with Gasteiger partial charge >= 0.3 is 0 Å². The molecular weight excluding hydrogens is 952 g/mol. The molecule has 0 amide bonds. The van der Waals surface area contributed by atoms with Crippen LogP contribution in [-0.2, 0) is 33.2 Å². The third-order valence-corrected chi connectivity index (χ3v) is 15.4. The van der Waals surface area contributed by atoms with Gasteiger partial charge < -0.3 is 55.3 Å². The molecule has 8 rings (SSSR count). The number of nitrogens with two attached hydrogens (primary N) is 2. The highest BCUT2D eigenvalue weighted by Gasteiger charge is 2.56. The van der Waals surface area contributed by atoms with Gasteiger partial charge in [0.2, 0.25) is 0 Å². The number of ether oxygens (including phenoxy) is 7. The molecule has 2 unspecified atom stereocenters. The van der Waals surface area contributed by atoms with Crippen LogP contribution in [0.3, 0.4) is 0 Å². The van der Waals surface area contributed by atoms with E-state index in [9.17, 15) is 0 Å². The average molecular weight is 1020 g/mol. The summed E-state index contributed by atoms with van der Waals surface area (Å²) < 4.78 is 47.9. The summed E-state index contributed by atoms with van der Waals surface area (Å²) in [6.45, 7) is 13.0. The summed E-state index contributed by atoms with van der Waals surface area (Å²) >= 11 is 10.3. The van der Waals surface area contributed by atoms with Crippen LogP contribution in [0.1, 0.15) is 106 Å². The molecule has 15 nitrogen and oxygen atoms in total. The highest BCUT2D eigenvalue weighted by molar-refractivity contribution is 9.10. The Kier molecular flexibility index (Phi) is 14.9. The molecule has 0 bridgehead atoms. The van der Waals surface area contributed by atoms with Gasteiger partial charge in [0.1, 0.15) is 45.0 Å². The number of anilines is 4. The molecule has 2 aromatic rings. The van der Waals surface area contributed by atoms with Crippen molar-refractivity contribution in [2.24, 2.45) is 11.8 Å². The first-order chi connectivity index (χ1) is 29.2. The molecule has 0 spiro atoms. The van der Waals surface area contributed by atoms with E-state index in [0.717, 1.165) is 37.2 Å². The number of nitrogen functional groups attached to an aromatic ring is 2. The predicted molar refractivity (Wildman–Crippen MR) is 245 cm³/mol. The van der Waals surface area contributed by atoms with Gasteiger partial charge in [0.25, 0.3) is 0 Å². The summed E-state index contributed by atoms with van der Waals surface area (Å²) in [5.74, 6) is 2.81. The Morgan fingerprint density at radius 2 is 1.05 bits per heavy atom. The standard InChI is InChI=1S/C42H64Br2N8O7S2/c1-7-13-60-39-49-35(43)29(45)37(51-39)47-25-17-27(33-31(25)56-41(3,4)58-33)53-19-23(15-21-9-10-21)55-24(16-22-11-12-22)20-54-28-18-26(32-34(28)59-42(5,6)57-32)48-38-30(46)36(44)50-40(52-38)61-14-8-2/h21-28,31-34H,7-20,45-46H2,1-6H3,(H,47,49,51)(H,48,50,52)/t23?,24?,25-,26-,27+,28+,31+,32+,33-,34-/m1/s1. The molecule has 4 saturated carbocycles. The summed E-state index contributed by atoms with van der Waals surface area (Å²) in [4.78, 5) is 18.6. The number of fused-ring (bicyclic) bond motifs is 2. The van der Waals surface area contributed by atoms with Crippen LogP contribution in [0, 0.1) is 11.8 Å². The molecule has 340 valence electrons. The van der Waals surface area contributed by atoms with E-state index in [1.54, 1.807) is 23.5 Å². The Morgan fingerprint density at radius 1 is 0.656 bits per heavy atom. The van der Waals surface area contributed by atoms with E-state index >= 15 is 0 Å². The van der Waals surface area contributed by atoms with Crippen molar-refractivity contribution >= 4 is 78.4 Å². The molecule has 0 radical (unpaired) electrons. The number of halogens is 2. The van der Waals surface area contributed by atoms with Crippen LogP contribution in [0.15, 0.2) is 19.5 Å². The van der Waals surface area contributed by atoms with Crippen molar-refractivity contribution in [1.82, 2.24) is 19.9 Å². The minimum Gasteiger partial charge on any atom is -0.394 e. The van der Waals surface area contributed by atoms with Gasteiger partial charge in [-0.25, -0.2) is 19.9 Å². The smallest absolute Gasteiger partial charge is 0.190 e. The van der Waals surface area contributed by atoms with Crippen LogP contribution in [0.4, 0.5) is 23.0 Å². The van der Waals surface area contributed by atoms with Crippen molar-refractivity contribution in [3.63, 3.8) is 0 Å². The number of aromatic nitrogens is 4. The third kappa shape index (κ3) is 11.8. The zero-order valence-corrected chi connectivity index (χ0v) is 41.0. The summed E-state index contributed by atoms with van der Waals surface area (Å²) in [6, 6.07) is -0.253. The van der Waals surface area contributed by atoms with Crippen molar-refractivity contribution in [2.75, 3.05) is 46.8 Å². The highest BCUT2D eigenvalue weighted by atomic mass is 79.9. The Labute approximate surface area is 385 Å². The van der Waals surface area contributed by atoms with Crippen LogP contribution in [-0.4, -0.2) is 117 Å². The summed E-state index contributed by atoms with van der Waals surface area (Å²) in [6.07, 6.45) is 8.62. The molecule has 0 aromatic carbocycles. The highest BCUT2D eigenvalue weighted by Crippen LogP contribution is 2.45. The Hall–Kier alpha value is -1.26. The fourth-order valence-corrected chi connectivity index (χ4v) is 11.3. The second kappa shape index (κ2) is 19.7. The minimum absolute atomic E-state index is 0.0815. The summed E-state index contributed by atoms with van der Waals surface area (Å²) in [7, 11) is 0. The lowest BCUT2D eigenvalue weighted by atomic mass is 10.1. The van der Waals surface area contributed by atoms with Crippen LogP contribution < -0.4 is 22.1 Å². The maximum atomic E-state index is 7.06. The van der Waals surface area contributed by atoms with Crippen molar-refractivity contribution in [3.8, 4) is 0 Å². The molecule has 2 aromatic heterocycles. The lowest BCUT2D eigenvalue weighted by Gasteiger charge is -2.29. The second-order valence-electron chi connectivity index (χ2n) is 18.4. The number of hydrogen-bond acceptors (Lipinski definition) is 17. The lowest BCUT2D eigenvalue weighted by Crippen LogP contribution is -2.37. The van der Waals surface area contributed by atoms with Crippen LogP contribution in [0.2, 0.25) is 0 Å². The van der Waals surface area contributed by atoms with E-state index in [0.29, 0.717) is 80.4 Å². The van der Waals surface area contributed by atoms with Crippen LogP contribution >= 0.6 is 55.4 Å². The maximum Gasteiger partial charge on any atom is 0.190 e. The fourth-order valence-electron chi connectivity index (χ4n) is 8.92. The Balaban J connectivity index is 0.925. The molecule has 61 heavy (non-hydrogen) atoms. The molecule has 4 heterocycles. The van der Waals surface area contributed by atoms with Gasteiger partial charge in [-0.1, -0.05) is 63.1 Å². The molecule has 2 saturated heterocycles. The Morgan fingerprint density at radius 3 is 1.43 bits per heavy atom. The van der Waals surface area contributed by atoms with Gasteiger partial charge in [-0.05, 0) is 110 Å². The molecule has 6 fully saturated rings. The van der Waals surface area contributed by atoms with E-state index < -0.39 is 11.6 Å². The first kappa shape index (κ1) is 46.3. The zero-order chi connectivity index (χ0) is 43.1. The normalized spacial score (nSPS) is 31.0. The van der Waals surface area contributed by atoms with E-state index in [-0.39, 0.29) is 60.9 Å². The molecule has 6 aliphatic rings. The van der Waals surface area contributed by atoms with Gasteiger partial charge in [0.05, 0.1) is 49.7 Å². The van der Waals surface area contributed by atoms with Crippen molar-refractivity contribution in [3.05, 3.63) is 9.21 Å². The van der Waals surface area contributed by atoms with E-state index in [4.69, 9.17) is 54.6 Å². The topological polar surface area (TPSA) is 192 Å². The van der Waals surface area contributed by atoms with E-state index in [2.05, 4.69) is 66.3 Å². The first-order valence-electron chi connectivity index (χ1n) is 22.2. The average Bonchev–Trinajstić information content (AvgIpc) is 4.10. The van der Waals surface area contributed by atoms with Crippen molar-refractivity contribution in [1.29, 1.82) is 0 Å². The van der Waals surface area contributed by atoms with Gasteiger partial charge in [0.15, 0.2) is 33.5 Å². The lowest BCUT2D eigenvalue weighted by molar-refractivity contribution is -0.178. The zero-order valence-electron chi connectivity index (χ0n) is 36.2. The number of nitrogens with zero attached hydrogens (tertiary/aromatic N) is 4. The van der Waals surface area contributed by atoms with Crippen LogP contribution in [0.25, 0.3) is 0 Å².